The van der Waals surface area contributed by atoms with E-state index in [1.807, 2.05) is 31.2 Å². The van der Waals surface area contributed by atoms with E-state index in [0.717, 1.165) is 11.3 Å². The van der Waals surface area contributed by atoms with Crippen LogP contribution >= 0.6 is 0 Å². The number of carbonyl (C=O) groups is 1. The number of nitrogens with one attached hydrogen (secondary N) is 1. The van der Waals surface area contributed by atoms with Crippen LogP contribution in [0.3, 0.4) is 0 Å². The van der Waals surface area contributed by atoms with Gasteiger partial charge in [-0.1, -0.05) is 23.4 Å². The quantitative estimate of drug-likeness (QED) is 0.813. The van der Waals surface area contributed by atoms with Crippen molar-refractivity contribution in [2.45, 2.75) is 26.1 Å². The average Bonchev–Trinajstić information content (AvgIpc) is 2.94. The third-order valence-corrected chi connectivity index (χ3v) is 3.00. The lowest BCUT2D eigenvalue weighted by Crippen LogP contribution is -2.27. The average molecular weight is 289 g/mol. The Bertz CT molecular complexity index is 609. The fourth-order valence-corrected chi connectivity index (χ4v) is 1.85. The summed E-state index contributed by atoms with van der Waals surface area (Å²) in [7, 11) is 1.60. The van der Waals surface area contributed by atoms with Crippen LogP contribution in [0.1, 0.15) is 24.2 Å². The zero-order chi connectivity index (χ0) is 15.2. The second-order valence-corrected chi connectivity index (χ2v) is 4.72. The summed E-state index contributed by atoms with van der Waals surface area (Å²) >= 11 is 0. The van der Waals surface area contributed by atoms with Crippen molar-refractivity contribution in [1.29, 1.82) is 0 Å². The molecular formula is C14H19N5O2. The lowest BCUT2D eigenvalue weighted by Gasteiger charge is -2.09. The molecule has 112 valence electrons. The molecule has 1 heterocycles. The zero-order valence-electron chi connectivity index (χ0n) is 12.1. The first-order valence-electron chi connectivity index (χ1n) is 6.64. The molecule has 1 atom stereocenters. The first-order valence-corrected chi connectivity index (χ1v) is 6.64. The molecule has 2 aromatic rings. The summed E-state index contributed by atoms with van der Waals surface area (Å²) in [6.45, 7) is 2.32. The first kappa shape index (κ1) is 15.0. The Morgan fingerprint density at radius 1 is 1.48 bits per heavy atom. The maximum Gasteiger partial charge on any atom is 0.242 e. The topological polar surface area (TPSA) is 95.1 Å². The fourth-order valence-electron chi connectivity index (χ4n) is 1.85. The third kappa shape index (κ3) is 4.03. The molecule has 0 aliphatic rings. The van der Waals surface area contributed by atoms with Crippen molar-refractivity contribution in [1.82, 2.24) is 20.3 Å². The highest BCUT2D eigenvalue weighted by Gasteiger charge is 2.09. The summed E-state index contributed by atoms with van der Waals surface area (Å²) in [5.41, 5.74) is 7.27. The highest BCUT2D eigenvalue weighted by molar-refractivity contribution is 5.75. The van der Waals surface area contributed by atoms with E-state index in [4.69, 9.17) is 10.5 Å². The smallest absolute Gasteiger partial charge is 0.242 e. The predicted octanol–water partition coefficient (Wildman–Crippen LogP) is 0.623. The molecule has 1 aromatic carbocycles. The summed E-state index contributed by atoms with van der Waals surface area (Å²) in [4.78, 5) is 11.9. The normalized spacial score (nSPS) is 12.0. The Labute approximate surface area is 123 Å². The van der Waals surface area contributed by atoms with Crippen LogP contribution in [0.5, 0.6) is 5.75 Å². The monoisotopic (exact) mass is 289 g/mol. The van der Waals surface area contributed by atoms with Crippen LogP contribution in [-0.4, -0.2) is 28.0 Å². The Morgan fingerprint density at radius 2 is 2.24 bits per heavy atom. The molecule has 0 fully saturated rings. The van der Waals surface area contributed by atoms with Gasteiger partial charge < -0.3 is 15.8 Å². The van der Waals surface area contributed by atoms with Crippen molar-refractivity contribution in [2.24, 2.45) is 5.73 Å². The summed E-state index contributed by atoms with van der Waals surface area (Å²) in [6, 6.07) is 7.34. The number of ether oxygens (including phenoxy) is 1. The molecule has 3 N–H and O–H groups in total. The molecule has 0 aliphatic heterocycles. The summed E-state index contributed by atoms with van der Waals surface area (Å²) in [5, 5.41) is 10.6. The van der Waals surface area contributed by atoms with Gasteiger partial charge in [0, 0.05) is 18.2 Å². The van der Waals surface area contributed by atoms with Crippen molar-refractivity contribution in [3.8, 4) is 5.75 Å². The molecule has 0 saturated carbocycles. The number of methoxy groups -OCH3 is 1. The molecule has 0 saturated heterocycles. The van der Waals surface area contributed by atoms with Gasteiger partial charge in [0.2, 0.25) is 5.91 Å². The third-order valence-electron chi connectivity index (χ3n) is 3.00. The van der Waals surface area contributed by atoms with Crippen LogP contribution in [0, 0.1) is 0 Å². The minimum Gasteiger partial charge on any atom is -0.496 e. The van der Waals surface area contributed by atoms with Crippen LogP contribution in [0.25, 0.3) is 0 Å². The maximum atomic E-state index is 11.9. The number of aromatic nitrogens is 3. The van der Waals surface area contributed by atoms with Crippen LogP contribution < -0.4 is 15.8 Å². The number of nitrogens with two attached hydrogens (primary N) is 1. The van der Waals surface area contributed by atoms with Gasteiger partial charge >= 0.3 is 0 Å². The molecular weight excluding hydrogens is 270 g/mol. The van der Waals surface area contributed by atoms with E-state index in [-0.39, 0.29) is 18.5 Å². The zero-order valence-corrected chi connectivity index (χ0v) is 12.1. The number of amides is 1. The first-order chi connectivity index (χ1) is 10.1. The Morgan fingerprint density at radius 3 is 2.90 bits per heavy atom. The van der Waals surface area contributed by atoms with Crippen molar-refractivity contribution in [3.63, 3.8) is 0 Å². The Balaban J connectivity index is 1.89. The fraction of sp³-hybridized carbons (Fsp3) is 0.357. The second kappa shape index (κ2) is 6.85. The van der Waals surface area contributed by atoms with Gasteiger partial charge in [-0.15, -0.1) is 5.10 Å². The number of hydrogen-bond donors (Lipinski definition) is 2. The van der Waals surface area contributed by atoms with Gasteiger partial charge in [-0.25, -0.2) is 4.68 Å². The molecule has 0 bridgehead atoms. The summed E-state index contributed by atoms with van der Waals surface area (Å²) in [6.07, 6.45) is 1.67. The molecule has 0 spiro atoms. The van der Waals surface area contributed by atoms with Gasteiger partial charge in [0.25, 0.3) is 0 Å². The maximum absolute atomic E-state index is 11.9. The lowest BCUT2D eigenvalue weighted by atomic mass is 10.2. The SMILES string of the molecule is COc1ccccc1CNC(=O)Cn1cc(C(C)N)nn1. The molecule has 1 unspecified atom stereocenters. The minimum atomic E-state index is -0.199. The largest absolute Gasteiger partial charge is 0.496 e. The molecule has 0 radical (unpaired) electrons. The molecule has 1 amide bonds. The number of rotatable bonds is 6. The van der Waals surface area contributed by atoms with E-state index < -0.39 is 0 Å². The predicted molar refractivity (Wildman–Crippen MR) is 77.5 cm³/mol. The van der Waals surface area contributed by atoms with Gasteiger partial charge in [0.1, 0.15) is 12.3 Å². The van der Waals surface area contributed by atoms with Gasteiger partial charge in [-0.2, -0.15) is 0 Å². The highest BCUT2D eigenvalue weighted by atomic mass is 16.5. The van der Waals surface area contributed by atoms with E-state index in [1.165, 1.54) is 4.68 Å². The number of nitrogens with zero attached hydrogens (tertiary/aromatic N) is 3. The minimum absolute atomic E-state index is 0.106. The van der Waals surface area contributed by atoms with Crippen molar-refractivity contribution >= 4 is 5.91 Å². The lowest BCUT2D eigenvalue weighted by molar-refractivity contribution is -0.122. The van der Waals surface area contributed by atoms with Crippen LogP contribution in [0.2, 0.25) is 0 Å². The van der Waals surface area contributed by atoms with Crippen molar-refractivity contribution in [2.75, 3.05) is 7.11 Å². The second-order valence-electron chi connectivity index (χ2n) is 4.72. The van der Waals surface area contributed by atoms with Gasteiger partial charge in [0.05, 0.1) is 19.0 Å². The molecule has 7 heteroatoms. The molecule has 21 heavy (non-hydrogen) atoms. The highest BCUT2D eigenvalue weighted by Crippen LogP contribution is 2.16. The number of carbonyl (C=O) groups excluding carboxylic acids is 1. The standard InChI is InChI=1S/C14H19N5O2/c1-10(15)12-8-19(18-17-12)9-14(20)16-7-11-5-3-4-6-13(11)21-2/h3-6,8,10H,7,9,15H2,1-2H3,(H,16,20). The van der Waals surface area contributed by atoms with Crippen molar-refractivity contribution < 1.29 is 9.53 Å². The molecule has 2 rings (SSSR count). The van der Waals surface area contributed by atoms with E-state index in [0.29, 0.717) is 12.2 Å². The molecule has 7 nitrogen and oxygen atoms in total. The number of para-hydroxylation sites is 1. The number of benzene rings is 1. The summed E-state index contributed by atoms with van der Waals surface area (Å²) in [5.74, 6) is 0.597. The van der Waals surface area contributed by atoms with Gasteiger partial charge in [-0.05, 0) is 13.0 Å². The van der Waals surface area contributed by atoms with Gasteiger partial charge in [0.15, 0.2) is 0 Å². The molecule has 0 aliphatic carbocycles. The van der Waals surface area contributed by atoms with E-state index >= 15 is 0 Å². The summed E-state index contributed by atoms with van der Waals surface area (Å²) < 4.78 is 6.70. The van der Waals surface area contributed by atoms with Crippen LogP contribution in [0.4, 0.5) is 0 Å². The number of hydrogen-bond acceptors (Lipinski definition) is 5. The van der Waals surface area contributed by atoms with Crippen LogP contribution in [0.15, 0.2) is 30.5 Å². The van der Waals surface area contributed by atoms with Crippen LogP contribution in [-0.2, 0) is 17.9 Å². The Hall–Kier alpha value is -2.41. The Kier molecular flexibility index (Phi) is 4.89. The van der Waals surface area contributed by atoms with Crippen molar-refractivity contribution in [3.05, 3.63) is 41.7 Å². The van der Waals surface area contributed by atoms with Gasteiger partial charge in [-0.3, -0.25) is 4.79 Å². The molecule has 1 aromatic heterocycles. The van der Waals surface area contributed by atoms with E-state index in [2.05, 4.69) is 15.6 Å². The van der Waals surface area contributed by atoms with E-state index in [9.17, 15) is 4.79 Å². The van der Waals surface area contributed by atoms with E-state index in [1.54, 1.807) is 13.3 Å².